The highest BCUT2D eigenvalue weighted by Crippen LogP contribution is 2.59. The molecule has 0 aromatic heterocycles. The van der Waals surface area contributed by atoms with E-state index in [1.807, 2.05) is 30.3 Å². The number of hydrogen-bond acceptors (Lipinski definition) is 7. The largest absolute Gasteiger partial charge is 0.455 e. The number of esters is 1. The second kappa shape index (κ2) is 15.3. The smallest absolute Gasteiger partial charge is 0.313 e. The van der Waals surface area contributed by atoms with Gasteiger partial charge in [0.1, 0.15) is 17.7 Å². The summed E-state index contributed by atoms with van der Waals surface area (Å²) in [5.74, 6) is -3.41. The fraction of sp³-hybridized carbons (Fsp3) is 0.444. The van der Waals surface area contributed by atoms with Gasteiger partial charge in [-0.05, 0) is 49.8 Å². The van der Waals surface area contributed by atoms with E-state index in [1.54, 1.807) is 36.4 Å². The normalized spacial score (nSPS) is 24.8. The van der Waals surface area contributed by atoms with Crippen LogP contribution in [0.5, 0.6) is 0 Å². The minimum atomic E-state index is -1.25. The molecule has 11 heteroatoms. The number of nitrogens with one attached hydrogen (secondary N) is 1. The Morgan fingerprint density at radius 2 is 1.87 bits per heavy atom. The van der Waals surface area contributed by atoms with Gasteiger partial charge >= 0.3 is 5.97 Å². The summed E-state index contributed by atoms with van der Waals surface area (Å²) in [5.41, 5.74) is -0.0743. The molecular formula is C36H42ClN3O7. The molecule has 47 heavy (non-hydrogen) atoms. The number of rotatable bonds is 16. The van der Waals surface area contributed by atoms with Crippen LogP contribution >= 0.6 is 11.6 Å². The monoisotopic (exact) mass is 663 g/mol. The molecule has 0 radical (unpaired) electrons. The first kappa shape index (κ1) is 34.3. The number of aliphatic hydroxyl groups excluding tert-OH is 1. The van der Waals surface area contributed by atoms with E-state index in [4.69, 9.17) is 21.1 Å². The Kier molecular flexibility index (Phi) is 11.2. The van der Waals surface area contributed by atoms with E-state index in [0.29, 0.717) is 48.4 Å². The number of aliphatic hydroxyl groups is 1. The molecular weight excluding hydrogens is 622 g/mol. The highest BCUT2D eigenvalue weighted by atomic mass is 35.5. The molecule has 0 aliphatic carbocycles. The second-order valence-corrected chi connectivity index (χ2v) is 12.6. The van der Waals surface area contributed by atoms with E-state index in [-0.39, 0.29) is 50.4 Å². The number of benzene rings is 2. The van der Waals surface area contributed by atoms with Gasteiger partial charge in [0, 0.05) is 26.1 Å². The maximum Gasteiger partial charge on any atom is 0.313 e. The summed E-state index contributed by atoms with van der Waals surface area (Å²) >= 11 is 6.54. The zero-order valence-electron chi connectivity index (χ0n) is 26.4. The number of ether oxygens (including phenoxy) is 2. The first-order valence-corrected chi connectivity index (χ1v) is 16.5. The number of nitrogens with zero attached hydrogens (tertiary/aromatic N) is 2. The van der Waals surface area contributed by atoms with Crippen molar-refractivity contribution in [1.82, 2.24) is 10.2 Å². The maximum absolute atomic E-state index is 14.6. The van der Waals surface area contributed by atoms with Crippen molar-refractivity contribution in [3.05, 3.63) is 90.5 Å². The molecule has 250 valence electrons. The number of carbonyl (C=O) groups excluding carboxylic acids is 4. The van der Waals surface area contributed by atoms with Gasteiger partial charge in [-0.1, -0.05) is 66.2 Å². The molecule has 2 bridgehead atoms. The summed E-state index contributed by atoms with van der Waals surface area (Å²) in [6.07, 6.45) is 4.40. The van der Waals surface area contributed by atoms with Gasteiger partial charge in [-0.3, -0.25) is 19.2 Å². The fourth-order valence-electron chi connectivity index (χ4n) is 7.23. The topological polar surface area (TPSA) is 125 Å². The summed E-state index contributed by atoms with van der Waals surface area (Å²) in [7, 11) is 0. The zero-order valence-corrected chi connectivity index (χ0v) is 27.1. The minimum Gasteiger partial charge on any atom is -0.455 e. The predicted molar refractivity (Wildman–Crippen MR) is 177 cm³/mol. The minimum absolute atomic E-state index is 0.0521. The highest BCUT2D eigenvalue weighted by molar-refractivity contribution is 6.34. The molecule has 3 fully saturated rings. The summed E-state index contributed by atoms with van der Waals surface area (Å²) in [6, 6.07) is 15.1. The zero-order chi connectivity index (χ0) is 33.6. The van der Waals surface area contributed by atoms with E-state index in [2.05, 4.69) is 18.5 Å². The Bertz CT molecular complexity index is 1490. The molecule has 3 heterocycles. The maximum atomic E-state index is 14.6. The molecule has 2 N–H and O–H groups in total. The van der Waals surface area contributed by atoms with Crippen molar-refractivity contribution in [2.24, 2.45) is 11.8 Å². The number of allylic oxidation sites excluding steroid dienone is 1. The van der Waals surface area contributed by atoms with Crippen molar-refractivity contribution in [3.8, 4) is 0 Å². The van der Waals surface area contributed by atoms with Gasteiger partial charge in [0.25, 0.3) is 5.91 Å². The van der Waals surface area contributed by atoms with E-state index < -0.39 is 41.7 Å². The van der Waals surface area contributed by atoms with Gasteiger partial charge in [-0.2, -0.15) is 0 Å². The molecule has 10 nitrogen and oxygen atoms in total. The van der Waals surface area contributed by atoms with Gasteiger partial charge in [-0.15, -0.1) is 13.2 Å². The number of likely N-dealkylation sites (tertiary alicyclic amines) is 1. The molecule has 0 saturated carbocycles. The van der Waals surface area contributed by atoms with Gasteiger partial charge in [0.15, 0.2) is 0 Å². The van der Waals surface area contributed by atoms with Crippen LogP contribution in [-0.2, 0) is 28.7 Å². The molecule has 0 unspecified atom stereocenters. The fourth-order valence-corrected chi connectivity index (χ4v) is 7.47. The quantitative estimate of drug-likeness (QED) is 0.155. The number of carbonyl (C=O) groups is 4. The lowest BCUT2D eigenvalue weighted by Gasteiger charge is -2.37. The Labute approximate surface area is 280 Å². The summed E-state index contributed by atoms with van der Waals surface area (Å²) in [5, 5.41) is 12.7. The van der Waals surface area contributed by atoms with Crippen LogP contribution in [0.15, 0.2) is 79.9 Å². The number of unbranched alkanes of at least 4 members (excludes halogenated alkanes) is 1. The number of hydrogen-bond donors (Lipinski definition) is 2. The Morgan fingerprint density at radius 1 is 1.13 bits per heavy atom. The number of amides is 3. The summed E-state index contributed by atoms with van der Waals surface area (Å²) < 4.78 is 12.7. The molecule has 2 aromatic carbocycles. The van der Waals surface area contributed by atoms with Gasteiger partial charge in [-0.25, -0.2) is 0 Å². The van der Waals surface area contributed by atoms with Crippen LogP contribution in [0.4, 0.5) is 5.69 Å². The Balaban J connectivity index is 1.45. The average molecular weight is 664 g/mol. The number of fused-ring (bicyclic) bond motifs is 1. The lowest BCUT2D eigenvalue weighted by molar-refractivity contribution is -0.160. The van der Waals surface area contributed by atoms with Crippen LogP contribution < -0.4 is 10.2 Å². The summed E-state index contributed by atoms with van der Waals surface area (Å²) in [6.45, 7) is 7.83. The third kappa shape index (κ3) is 6.86. The summed E-state index contributed by atoms with van der Waals surface area (Å²) in [4.78, 5) is 58.5. The number of para-hydroxylation sites is 1. The van der Waals surface area contributed by atoms with Crippen LogP contribution in [0.25, 0.3) is 0 Å². The first-order chi connectivity index (χ1) is 22.8. The lowest BCUT2D eigenvalue weighted by atomic mass is 9.70. The van der Waals surface area contributed by atoms with Crippen LogP contribution in [0.2, 0.25) is 5.02 Å². The van der Waals surface area contributed by atoms with Crippen molar-refractivity contribution < 1.29 is 33.8 Å². The SMILES string of the molecule is C=CCCC(=O)NC[C@@H](OC(=O)[C@@H]1[C@@H]2CC[C@]3(O2)[C@H](C(=O)N(CC=C)c2ccccc2Cl)N(CCCCO)C(=O)[C@@H]13)c1ccccc1. The van der Waals surface area contributed by atoms with E-state index in [9.17, 15) is 24.3 Å². The van der Waals surface area contributed by atoms with E-state index in [1.165, 1.54) is 9.80 Å². The van der Waals surface area contributed by atoms with Crippen molar-refractivity contribution in [2.75, 3.05) is 31.1 Å². The molecule has 3 saturated heterocycles. The molecule has 3 aliphatic heterocycles. The van der Waals surface area contributed by atoms with Gasteiger partial charge in [0.2, 0.25) is 11.8 Å². The number of anilines is 1. The lowest BCUT2D eigenvalue weighted by Crippen LogP contribution is -2.56. The van der Waals surface area contributed by atoms with Crippen molar-refractivity contribution in [2.45, 2.75) is 62.4 Å². The van der Waals surface area contributed by atoms with Crippen LogP contribution in [0, 0.1) is 11.8 Å². The molecule has 3 amide bonds. The first-order valence-electron chi connectivity index (χ1n) is 16.2. The van der Waals surface area contributed by atoms with Gasteiger partial charge in [0.05, 0.1) is 35.2 Å². The van der Waals surface area contributed by atoms with Gasteiger partial charge < -0.3 is 29.7 Å². The molecule has 6 atom stereocenters. The van der Waals surface area contributed by atoms with Crippen molar-refractivity contribution in [1.29, 1.82) is 0 Å². The predicted octanol–water partition coefficient (Wildman–Crippen LogP) is 4.37. The Hall–Kier alpha value is -3.99. The van der Waals surface area contributed by atoms with Crippen molar-refractivity contribution in [3.63, 3.8) is 0 Å². The van der Waals surface area contributed by atoms with E-state index >= 15 is 0 Å². The standard InChI is InChI=1S/C36H42ClN3O7/c1-3-5-17-29(42)38-23-28(24-13-7-6-8-14-24)46-35(45)30-27-18-19-36(47-27)31(30)33(43)40(21-11-12-22-41)32(36)34(44)39(20-4-2)26-16-10-9-15-25(26)37/h3-4,6-10,13-16,27-28,30-32,41H,1-2,5,11-12,17-23H2,(H,38,42)/t27-,28+,30+,31+,32-,36+/m0/s1. The second-order valence-electron chi connectivity index (χ2n) is 12.2. The highest BCUT2D eigenvalue weighted by Gasteiger charge is 2.75. The van der Waals surface area contributed by atoms with Crippen LogP contribution in [-0.4, -0.2) is 77.7 Å². The third-order valence-corrected chi connectivity index (χ3v) is 9.64. The number of halogens is 1. The molecule has 3 aliphatic rings. The van der Waals surface area contributed by atoms with E-state index in [0.717, 1.165) is 0 Å². The van der Waals surface area contributed by atoms with Crippen LogP contribution in [0.3, 0.4) is 0 Å². The molecule has 5 rings (SSSR count). The molecule has 2 aromatic rings. The third-order valence-electron chi connectivity index (χ3n) is 9.32. The average Bonchev–Trinajstić information content (AvgIpc) is 3.72. The molecule has 1 spiro atoms. The Morgan fingerprint density at radius 3 is 2.57 bits per heavy atom. The van der Waals surface area contributed by atoms with Crippen LogP contribution in [0.1, 0.15) is 50.2 Å². The van der Waals surface area contributed by atoms with Crippen molar-refractivity contribution >= 4 is 41.0 Å².